The molecule has 3 heterocycles. The van der Waals surface area contributed by atoms with E-state index in [1.807, 2.05) is 19.1 Å². The Hall–Kier alpha value is -3.94. The number of halogens is 2. The van der Waals surface area contributed by atoms with Crippen molar-refractivity contribution < 1.29 is 31.4 Å². The van der Waals surface area contributed by atoms with Gasteiger partial charge in [-0.1, -0.05) is 0 Å². The van der Waals surface area contributed by atoms with Crippen molar-refractivity contribution in [2.24, 2.45) is 11.1 Å². The van der Waals surface area contributed by atoms with E-state index in [4.69, 9.17) is 24.3 Å². The molecule has 2 aromatic heterocycles. The Bertz CT molecular complexity index is 1810. The molecule has 1 aliphatic heterocycles. The van der Waals surface area contributed by atoms with Gasteiger partial charge >= 0.3 is 0 Å². The van der Waals surface area contributed by atoms with Gasteiger partial charge in [0.1, 0.15) is 28.1 Å². The topological polar surface area (TPSA) is 139 Å². The average molecular weight is 612 g/mol. The number of benzene rings is 2. The zero-order valence-electron chi connectivity index (χ0n) is 23.7. The van der Waals surface area contributed by atoms with Crippen molar-refractivity contribution in [1.29, 1.82) is 0 Å². The van der Waals surface area contributed by atoms with Crippen LogP contribution in [0.3, 0.4) is 0 Å². The predicted molar refractivity (Wildman–Crippen MR) is 156 cm³/mol. The summed E-state index contributed by atoms with van der Waals surface area (Å²) in [5.41, 5.74) is 1.76. The number of hydrogen-bond donors (Lipinski definition) is 2. The molecule has 13 heteroatoms. The summed E-state index contributed by atoms with van der Waals surface area (Å²) in [4.78, 5) is 12.9. The zero-order chi connectivity index (χ0) is 30.3. The minimum atomic E-state index is -4.47. The number of nitrogens with two attached hydrogens (primary N) is 1. The van der Waals surface area contributed by atoms with Crippen molar-refractivity contribution in [3.63, 3.8) is 0 Å². The van der Waals surface area contributed by atoms with E-state index in [1.54, 1.807) is 0 Å². The highest BCUT2D eigenvalue weighted by Crippen LogP contribution is 2.40. The number of primary sulfonamides is 1. The molecule has 0 spiro atoms. The smallest absolute Gasteiger partial charge is 0.240 e. The first kappa shape index (κ1) is 29.1. The van der Waals surface area contributed by atoms with E-state index in [1.165, 1.54) is 32.2 Å². The Labute approximate surface area is 247 Å². The summed E-state index contributed by atoms with van der Waals surface area (Å²) in [7, 11) is -3.17. The number of aromatic nitrogens is 3. The molecule has 3 N–H and O–H groups in total. The van der Waals surface area contributed by atoms with Crippen LogP contribution in [0.5, 0.6) is 11.6 Å². The molecule has 0 amide bonds. The lowest BCUT2D eigenvalue weighted by Crippen LogP contribution is -2.26. The first-order valence-electron chi connectivity index (χ1n) is 14.0. The largest absolute Gasteiger partial charge is 0.488 e. The third kappa shape index (κ3) is 6.10. The SMILES string of the molecule is COc1ncc(-c2cc(OC3CCOCC3)c3nc(NCC4CC4)nc(C)c3c2)cc1-c1c(F)ccc(S(N)(=O)=O)c1F. The van der Waals surface area contributed by atoms with Crippen molar-refractivity contribution in [2.75, 3.05) is 32.2 Å². The lowest BCUT2D eigenvalue weighted by Gasteiger charge is -2.24. The van der Waals surface area contributed by atoms with Gasteiger partial charge in [-0.3, -0.25) is 0 Å². The van der Waals surface area contributed by atoms with E-state index in [0.29, 0.717) is 47.5 Å². The van der Waals surface area contributed by atoms with Crippen molar-refractivity contribution in [3.8, 4) is 33.9 Å². The van der Waals surface area contributed by atoms with Crippen LogP contribution in [-0.4, -0.2) is 56.3 Å². The summed E-state index contributed by atoms with van der Waals surface area (Å²) in [6.45, 7) is 3.87. The highest BCUT2D eigenvalue weighted by Gasteiger charge is 2.26. The average Bonchev–Trinajstić information content (AvgIpc) is 3.81. The minimum Gasteiger partial charge on any atom is -0.488 e. The summed E-state index contributed by atoms with van der Waals surface area (Å²) < 4.78 is 71.8. The van der Waals surface area contributed by atoms with Gasteiger partial charge in [0, 0.05) is 36.5 Å². The number of sulfonamides is 1. The van der Waals surface area contributed by atoms with Crippen LogP contribution < -0.4 is 19.9 Å². The van der Waals surface area contributed by atoms with Gasteiger partial charge < -0.3 is 19.5 Å². The van der Waals surface area contributed by atoms with Gasteiger partial charge in [0.2, 0.25) is 21.9 Å². The lowest BCUT2D eigenvalue weighted by atomic mass is 9.98. The van der Waals surface area contributed by atoms with Crippen LogP contribution in [0.2, 0.25) is 0 Å². The minimum absolute atomic E-state index is 0.0832. The second-order valence-corrected chi connectivity index (χ2v) is 12.3. The number of hydrogen-bond acceptors (Lipinski definition) is 9. The van der Waals surface area contributed by atoms with Crippen LogP contribution >= 0.6 is 0 Å². The van der Waals surface area contributed by atoms with E-state index in [2.05, 4.69) is 15.3 Å². The predicted octanol–water partition coefficient (Wildman–Crippen LogP) is 4.98. The molecule has 1 saturated carbocycles. The number of pyridine rings is 1. The molecule has 0 unspecified atom stereocenters. The summed E-state index contributed by atoms with van der Waals surface area (Å²) in [5.74, 6) is -0.742. The van der Waals surface area contributed by atoms with Crippen LogP contribution in [0.15, 0.2) is 41.4 Å². The van der Waals surface area contributed by atoms with E-state index in [0.717, 1.165) is 42.6 Å². The van der Waals surface area contributed by atoms with Gasteiger partial charge in [-0.15, -0.1) is 0 Å². The number of anilines is 1. The molecule has 10 nitrogen and oxygen atoms in total. The number of nitrogens with zero attached hydrogens (tertiary/aromatic N) is 3. The molecule has 1 saturated heterocycles. The van der Waals surface area contributed by atoms with E-state index in [9.17, 15) is 8.42 Å². The van der Waals surface area contributed by atoms with Crippen LogP contribution in [0, 0.1) is 24.5 Å². The maximum absolute atomic E-state index is 15.5. The molecular weight excluding hydrogens is 580 g/mol. The molecule has 2 fully saturated rings. The van der Waals surface area contributed by atoms with Crippen molar-refractivity contribution in [1.82, 2.24) is 15.0 Å². The Balaban J connectivity index is 1.49. The monoisotopic (exact) mass is 611 g/mol. The zero-order valence-corrected chi connectivity index (χ0v) is 24.5. The molecule has 6 rings (SSSR count). The molecule has 43 heavy (non-hydrogen) atoms. The maximum Gasteiger partial charge on any atom is 0.240 e. The van der Waals surface area contributed by atoms with Gasteiger partial charge in [-0.05, 0) is 61.6 Å². The Morgan fingerprint density at radius 1 is 1.07 bits per heavy atom. The third-order valence-electron chi connectivity index (χ3n) is 7.67. The molecular formula is C30H31F2N5O5S. The molecule has 4 aromatic rings. The van der Waals surface area contributed by atoms with Crippen molar-refractivity contribution in [3.05, 3.63) is 53.9 Å². The lowest BCUT2D eigenvalue weighted by molar-refractivity contribution is 0.0261. The summed E-state index contributed by atoms with van der Waals surface area (Å²) in [6.07, 6.45) is 5.24. The fourth-order valence-electron chi connectivity index (χ4n) is 5.17. The number of nitrogens with one attached hydrogen (secondary N) is 1. The molecule has 2 aliphatic rings. The number of methoxy groups -OCH3 is 1. The molecule has 226 valence electrons. The molecule has 2 aromatic carbocycles. The van der Waals surface area contributed by atoms with Gasteiger partial charge in [0.05, 0.1) is 37.1 Å². The Morgan fingerprint density at radius 2 is 1.84 bits per heavy atom. The van der Waals surface area contributed by atoms with E-state index >= 15 is 8.78 Å². The molecule has 0 bridgehead atoms. The number of rotatable bonds is 9. The first-order valence-corrected chi connectivity index (χ1v) is 15.5. The van der Waals surface area contributed by atoms with Gasteiger partial charge in [-0.2, -0.15) is 0 Å². The van der Waals surface area contributed by atoms with E-state index < -0.39 is 32.1 Å². The second-order valence-electron chi connectivity index (χ2n) is 10.8. The second kappa shape index (κ2) is 11.6. The normalized spacial score (nSPS) is 15.9. The fourth-order valence-corrected chi connectivity index (χ4v) is 5.78. The summed E-state index contributed by atoms with van der Waals surface area (Å²) >= 11 is 0. The third-order valence-corrected chi connectivity index (χ3v) is 8.60. The highest BCUT2D eigenvalue weighted by atomic mass is 32.2. The Morgan fingerprint density at radius 3 is 2.53 bits per heavy atom. The standard InChI is InChI=1S/C30H31F2N5O5S/c1-16-21-11-18(13-24(42-20-7-9-41-10-8-20)28(21)37-30(36-16)35-14-17-3-4-17)19-12-22(29(40-2)34-15-19)26-23(31)5-6-25(27(26)32)43(33,38)39/h5-6,11-13,15,17,20H,3-4,7-10,14H2,1-2H3,(H2,33,38,39)(H,35,36,37). The van der Waals surface area contributed by atoms with Crippen molar-refractivity contribution >= 4 is 26.9 Å². The van der Waals surface area contributed by atoms with E-state index in [-0.39, 0.29) is 17.5 Å². The Kier molecular flexibility index (Phi) is 7.88. The number of aryl methyl sites for hydroxylation is 1. The highest BCUT2D eigenvalue weighted by molar-refractivity contribution is 7.89. The molecule has 1 aliphatic carbocycles. The van der Waals surface area contributed by atoms with Crippen LogP contribution in [-0.2, 0) is 14.8 Å². The number of ether oxygens (including phenoxy) is 3. The van der Waals surface area contributed by atoms with Gasteiger partial charge in [-0.25, -0.2) is 37.3 Å². The fraction of sp³-hybridized carbons (Fsp3) is 0.367. The molecule has 0 atom stereocenters. The quantitative estimate of drug-likeness (QED) is 0.268. The first-order chi connectivity index (χ1) is 20.6. The van der Waals surface area contributed by atoms with Crippen LogP contribution in [0.4, 0.5) is 14.7 Å². The van der Waals surface area contributed by atoms with Gasteiger partial charge in [0.15, 0.2) is 5.82 Å². The maximum atomic E-state index is 15.5. The van der Waals surface area contributed by atoms with Gasteiger partial charge in [0.25, 0.3) is 0 Å². The molecule has 0 radical (unpaired) electrons. The van der Waals surface area contributed by atoms with Crippen molar-refractivity contribution in [2.45, 2.75) is 43.6 Å². The van der Waals surface area contributed by atoms with Crippen LogP contribution in [0.25, 0.3) is 33.2 Å². The number of fused-ring (bicyclic) bond motifs is 1. The van der Waals surface area contributed by atoms with Crippen LogP contribution in [0.1, 0.15) is 31.4 Å². The summed E-state index contributed by atoms with van der Waals surface area (Å²) in [5, 5.41) is 9.25. The summed E-state index contributed by atoms with van der Waals surface area (Å²) in [6, 6.07) is 6.80.